The van der Waals surface area contributed by atoms with Gasteiger partial charge in [0.05, 0.1) is 0 Å². The van der Waals surface area contributed by atoms with Crippen molar-refractivity contribution in [2.45, 2.75) is 50.1 Å². The highest BCUT2D eigenvalue weighted by atomic mass is 16.5. The number of fused-ring (bicyclic) bond motifs is 4. The van der Waals surface area contributed by atoms with Gasteiger partial charge in [0, 0.05) is 24.9 Å². The second-order valence-corrected chi connectivity index (χ2v) is 9.39. The molecule has 0 aromatic heterocycles. The van der Waals surface area contributed by atoms with Crippen molar-refractivity contribution in [1.82, 2.24) is 10.2 Å². The van der Waals surface area contributed by atoms with Crippen LogP contribution in [-0.2, 0) is 14.3 Å². The lowest BCUT2D eigenvalue weighted by atomic mass is 9.98. The quantitative estimate of drug-likeness (QED) is 0.701. The molecule has 0 spiro atoms. The van der Waals surface area contributed by atoms with E-state index in [2.05, 4.69) is 29.6 Å². The number of piperidine rings is 1. The fourth-order valence-corrected chi connectivity index (χ4v) is 5.67. The van der Waals surface area contributed by atoms with Gasteiger partial charge in [-0.25, -0.2) is 9.59 Å². The molecule has 0 radical (unpaired) electrons. The molecule has 1 aliphatic heterocycles. The van der Waals surface area contributed by atoms with Gasteiger partial charge in [0.2, 0.25) is 5.91 Å². The lowest BCUT2D eigenvalue weighted by molar-refractivity contribution is -0.154. The molecule has 5 rings (SSSR count). The molecule has 0 bridgehead atoms. The van der Waals surface area contributed by atoms with Crippen molar-refractivity contribution >= 4 is 18.0 Å². The molecule has 7 nitrogen and oxygen atoms in total. The van der Waals surface area contributed by atoms with E-state index < -0.39 is 23.6 Å². The first kappa shape index (κ1) is 21.5. The lowest BCUT2D eigenvalue weighted by Gasteiger charge is -2.34. The minimum Gasteiger partial charge on any atom is -0.479 e. The van der Waals surface area contributed by atoms with Crippen LogP contribution >= 0.6 is 0 Å². The molecule has 3 atom stereocenters. The molecule has 2 N–H and O–H groups in total. The molecule has 172 valence electrons. The molecule has 7 heteroatoms. The van der Waals surface area contributed by atoms with Crippen LogP contribution in [0.4, 0.5) is 4.79 Å². The van der Waals surface area contributed by atoms with Gasteiger partial charge >= 0.3 is 12.1 Å². The van der Waals surface area contributed by atoms with E-state index in [1.54, 1.807) is 6.92 Å². The van der Waals surface area contributed by atoms with Crippen molar-refractivity contribution in [3.05, 3.63) is 59.7 Å². The Hall–Kier alpha value is -3.35. The van der Waals surface area contributed by atoms with E-state index in [1.807, 2.05) is 24.3 Å². The number of hydrogen-bond acceptors (Lipinski definition) is 4. The van der Waals surface area contributed by atoms with Gasteiger partial charge in [-0.3, -0.25) is 4.79 Å². The van der Waals surface area contributed by atoms with Crippen LogP contribution in [0, 0.1) is 5.92 Å². The topological polar surface area (TPSA) is 95.9 Å². The Morgan fingerprint density at radius 2 is 1.76 bits per heavy atom. The Balaban J connectivity index is 1.18. The number of alkyl carbamates (subject to hydrolysis) is 1. The van der Waals surface area contributed by atoms with E-state index >= 15 is 0 Å². The van der Waals surface area contributed by atoms with E-state index in [1.165, 1.54) is 4.90 Å². The minimum absolute atomic E-state index is 0.0318. The second-order valence-electron chi connectivity index (χ2n) is 9.39. The first-order chi connectivity index (χ1) is 15.9. The van der Waals surface area contributed by atoms with E-state index in [9.17, 15) is 19.5 Å². The van der Waals surface area contributed by atoms with Gasteiger partial charge in [0.25, 0.3) is 0 Å². The number of hydrogen-bond donors (Lipinski definition) is 2. The van der Waals surface area contributed by atoms with Crippen LogP contribution in [0.2, 0.25) is 0 Å². The summed E-state index contributed by atoms with van der Waals surface area (Å²) in [5, 5.41) is 12.4. The number of nitrogens with one attached hydrogen (secondary N) is 1. The molecule has 2 aromatic carbocycles. The van der Waals surface area contributed by atoms with Gasteiger partial charge in [-0.15, -0.1) is 0 Å². The van der Waals surface area contributed by atoms with Crippen molar-refractivity contribution in [2.24, 2.45) is 5.92 Å². The molecule has 2 aliphatic carbocycles. The predicted octanol–water partition coefficient (Wildman–Crippen LogP) is 3.77. The van der Waals surface area contributed by atoms with Crippen molar-refractivity contribution in [1.29, 1.82) is 0 Å². The van der Waals surface area contributed by atoms with Gasteiger partial charge in [0.15, 0.2) is 0 Å². The van der Waals surface area contributed by atoms with Crippen LogP contribution in [0.5, 0.6) is 0 Å². The Kier molecular flexibility index (Phi) is 5.35. The average Bonchev–Trinajstić information content (AvgIpc) is 3.48. The number of nitrogens with zero attached hydrogens (tertiary/aromatic N) is 1. The summed E-state index contributed by atoms with van der Waals surface area (Å²) in [7, 11) is 0. The minimum atomic E-state index is -1.03. The largest absolute Gasteiger partial charge is 0.479 e. The number of carbonyl (C=O) groups excluding carboxylic acids is 2. The second kappa shape index (κ2) is 8.21. The number of carboxylic acid groups (broad SMARTS) is 1. The molecule has 2 aromatic rings. The summed E-state index contributed by atoms with van der Waals surface area (Å²) in [5.74, 6) is -1.13. The highest BCUT2D eigenvalue weighted by molar-refractivity contribution is 5.91. The maximum atomic E-state index is 12.8. The summed E-state index contributed by atoms with van der Waals surface area (Å²) in [5.41, 5.74) is 3.57. The molecule has 1 saturated carbocycles. The maximum absolute atomic E-state index is 12.8. The molecule has 1 heterocycles. The Morgan fingerprint density at radius 1 is 1.12 bits per heavy atom. The number of ether oxygens (including phenoxy) is 1. The smallest absolute Gasteiger partial charge is 0.407 e. The molecule has 33 heavy (non-hydrogen) atoms. The molecule has 2 fully saturated rings. The van der Waals surface area contributed by atoms with Crippen LogP contribution in [0.25, 0.3) is 11.1 Å². The lowest BCUT2D eigenvalue weighted by Crippen LogP contribution is -2.52. The summed E-state index contributed by atoms with van der Waals surface area (Å²) in [6.07, 6.45) is 1.67. The number of carboxylic acids is 1. The number of amides is 2. The van der Waals surface area contributed by atoms with Crippen LogP contribution < -0.4 is 5.32 Å². The molecular weight excluding hydrogens is 420 g/mol. The zero-order valence-electron chi connectivity index (χ0n) is 18.6. The zero-order valence-corrected chi connectivity index (χ0v) is 18.6. The third-order valence-corrected chi connectivity index (χ3v) is 7.35. The highest BCUT2D eigenvalue weighted by Gasteiger charge is 2.66. The van der Waals surface area contributed by atoms with E-state index in [0.717, 1.165) is 35.1 Å². The van der Waals surface area contributed by atoms with E-state index in [-0.39, 0.29) is 30.8 Å². The summed E-state index contributed by atoms with van der Waals surface area (Å²) in [4.78, 5) is 38.6. The van der Waals surface area contributed by atoms with Crippen molar-refractivity contribution < 1.29 is 24.2 Å². The number of aliphatic carboxylic acids is 1. The molecule has 0 unspecified atom stereocenters. The third-order valence-electron chi connectivity index (χ3n) is 7.35. The predicted molar refractivity (Wildman–Crippen MR) is 122 cm³/mol. The van der Waals surface area contributed by atoms with Crippen LogP contribution in [0.15, 0.2) is 48.5 Å². The average molecular weight is 449 g/mol. The molecule has 1 saturated heterocycles. The summed E-state index contributed by atoms with van der Waals surface area (Å²) >= 11 is 0. The van der Waals surface area contributed by atoms with Crippen LogP contribution in [0.3, 0.4) is 0 Å². The Morgan fingerprint density at radius 3 is 2.39 bits per heavy atom. The van der Waals surface area contributed by atoms with Gasteiger partial charge in [0.1, 0.15) is 12.1 Å². The number of rotatable bonds is 6. The Labute approximate surface area is 192 Å². The van der Waals surface area contributed by atoms with Gasteiger partial charge in [-0.05, 0) is 54.4 Å². The van der Waals surface area contributed by atoms with Crippen molar-refractivity contribution in [3.8, 4) is 11.1 Å². The number of benzene rings is 2. The maximum Gasteiger partial charge on any atom is 0.407 e. The van der Waals surface area contributed by atoms with Gasteiger partial charge < -0.3 is 20.1 Å². The summed E-state index contributed by atoms with van der Waals surface area (Å²) < 4.78 is 5.56. The summed E-state index contributed by atoms with van der Waals surface area (Å²) in [6.45, 7) is 2.40. The van der Waals surface area contributed by atoms with Gasteiger partial charge in [-0.1, -0.05) is 48.5 Å². The number of carbonyl (C=O) groups is 3. The molecular formula is C26H28N2O5. The standard InChI is InChI=1S/C26H28N2O5/c1-16(13-23(29)28-12-6-7-17-14-26(17,28)24(30)31)27-25(32)33-15-22-20-10-4-2-8-18(20)19-9-3-5-11-21(19)22/h2-5,8-11,16-17,22H,6-7,12-15H2,1H3,(H,27,32)(H,30,31)/t16-,17-,26+/m0/s1. The summed E-state index contributed by atoms with van der Waals surface area (Å²) in [6, 6.07) is 15.8. The monoisotopic (exact) mass is 448 g/mol. The molecule has 3 aliphatic rings. The fourth-order valence-electron chi connectivity index (χ4n) is 5.67. The first-order valence-corrected chi connectivity index (χ1v) is 11.6. The van der Waals surface area contributed by atoms with Gasteiger partial charge in [-0.2, -0.15) is 0 Å². The van der Waals surface area contributed by atoms with Crippen molar-refractivity contribution in [2.75, 3.05) is 13.2 Å². The fraction of sp³-hybridized carbons (Fsp3) is 0.423. The van der Waals surface area contributed by atoms with Crippen LogP contribution in [0.1, 0.15) is 49.7 Å². The normalized spacial score (nSPS) is 23.7. The van der Waals surface area contributed by atoms with Crippen LogP contribution in [-0.4, -0.2) is 52.7 Å². The highest BCUT2D eigenvalue weighted by Crippen LogP contribution is 2.54. The van der Waals surface area contributed by atoms with Crippen molar-refractivity contribution in [3.63, 3.8) is 0 Å². The van der Waals surface area contributed by atoms with E-state index in [0.29, 0.717) is 13.0 Å². The Bertz CT molecular complexity index is 1070. The van der Waals surface area contributed by atoms with E-state index in [4.69, 9.17) is 4.74 Å². The zero-order chi connectivity index (χ0) is 23.2. The third kappa shape index (κ3) is 3.65. The number of likely N-dealkylation sites (tertiary alicyclic amines) is 1. The SMILES string of the molecule is C[C@@H](CC(=O)N1CCC[C@H]2C[C@]21C(=O)O)NC(=O)OCC1c2ccccc2-c2ccccc21. The first-order valence-electron chi connectivity index (χ1n) is 11.6. The molecule has 2 amide bonds.